The molecule has 7 nitrogen and oxygen atoms in total. The topological polar surface area (TPSA) is 84.0 Å². The molecule has 3 aromatic carbocycles. The SMILES string of the molecule is Cc1ccc(C)c(N2C[C@@H](C(=O)Oc3ccc(N4C(=O)c5ccc(Br)cc5C4=O)c(C)c3)CC2=O)c1. The van der Waals surface area contributed by atoms with Crippen LogP contribution in [0.5, 0.6) is 5.75 Å². The number of esters is 1. The van der Waals surface area contributed by atoms with Gasteiger partial charge in [-0.1, -0.05) is 28.1 Å². The average Bonchev–Trinajstić information content (AvgIpc) is 3.33. The number of benzene rings is 3. The lowest BCUT2D eigenvalue weighted by molar-refractivity contribution is -0.139. The van der Waals surface area contributed by atoms with Gasteiger partial charge in [-0.3, -0.25) is 19.2 Å². The van der Waals surface area contributed by atoms with Crippen molar-refractivity contribution in [1.29, 1.82) is 0 Å². The van der Waals surface area contributed by atoms with Gasteiger partial charge in [-0.05, 0) is 79.9 Å². The number of fused-ring (bicyclic) bond motifs is 1. The number of carbonyl (C=O) groups is 4. The van der Waals surface area contributed by atoms with Crippen molar-refractivity contribution in [3.8, 4) is 5.75 Å². The van der Waals surface area contributed by atoms with Crippen LogP contribution in [-0.4, -0.2) is 30.2 Å². The Morgan fingerprint density at radius 2 is 1.61 bits per heavy atom. The minimum Gasteiger partial charge on any atom is -0.426 e. The summed E-state index contributed by atoms with van der Waals surface area (Å²) in [6, 6.07) is 15.6. The van der Waals surface area contributed by atoms with Gasteiger partial charge in [-0.15, -0.1) is 0 Å². The van der Waals surface area contributed by atoms with Crippen molar-refractivity contribution < 1.29 is 23.9 Å². The van der Waals surface area contributed by atoms with Crippen molar-refractivity contribution in [2.45, 2.75) is 27.2 Å². The molecule has 0 aromatic heterocycles. The minimum atomic E-state index is -0.591. The van der Waals surface area contributed by atoms with Crippen LogP contribution in [0.3, 0.4) is 0 Å². The lowest BCUT2D eigenvalue weighted by atomic mass is 10.1. The molecule has 1 saturated heterocycles. The van der Waals surface area contributed by atoms with Gasteiger partial charge < -0.3 is 9.64 Å². The molecule has 0 unspecified atom stereocenters. The Hall–Kier alpha value is -3.78. The Balaban J connectivity index is 1.31. The Labute approximate surface area is 216 Å². The highest BCUT2D eigenvalue weighted by molar-refractivity contribution is 9.10. The van der Waals surface area contributed by atoms with Crippen molar-refractivity contribution >= 4 is 51.0 Å². The molecule has 0 spiro atoms. The molecule has 2 aliphatic heterocycles. The van der Waals surface area contributed by atoms with Crippen LogP contribution in [0.15, 0.2) is 59.1 Å². The van der Waals surface area contributed by atoms with E-state index in [2.05, 4.69) is 15.9 Å². The molecule has 0 aliphatic carbocycles. The molecule has 0 saturated carbocycles. The van der Waals surface area contributed by atoms with Crippen LogP contribution in [0.2, 0.25) is 0 Å². The molecule has 0 radical (unpaired) electrons. The molecule has 5 rings (SSSR count). The number of imide groups is 1. The predicted octanol–water partition coefficient (Wildman–Crippen LogP) is 5.13. The molecule has 3 amide bonds. The van der Waals surface area contributed by atoms with Gasteiger partial charge in [-0.2, -0.15) is 0 Å². The van der Waals surface area contributed by atoms with Crippen molar-refractivity contribution in [2.24, 2.45) is 5.92 Å². The first-order chi connectivity index (χ1) is 17.1. The number of carbonyl (C=O) groups excluding carboxylic acids is 4. The summed E-state index contributed by atoms with van der Waals surface area (Å²) < 4.78 is 6.31. The van der Waals surface area contributed by atoms with E-state index in [1.165, 1.54) is 0 Å². The van der Waals surface area contributed by atoms with Gasteiger partial charge in [0, 0.05) is 23.1 Å². The second-order valence-electron chi connectivity index (χ2n) is 9.20. The number of hydrogen-bond donors (Lipinski definition) is 0. The third kappa shape index (κ3) is 4.11. The number of amides is 3. The second kappa shape index (κ2) is 9.02. The number of halogens is 1. The normalized spacial score (nSPS) is 17.1. The maximum absolute atomic E-state index is 12.9. The highest BCUT2D eigenvalue weighted by Crippen LogP contribution is 2.34. The van der Waals surface area contributed by atoms with Gasteiger partial charge in [0.2, 0.25) is 5.91 Å². The molecular weight excluding hydrogens is 524 g/mol. The van der Waals surface area contributed by atoms with Crippen LogP contribution in [0.1, 0.15) is 43.8 Å². The van der Waals surface area contributed by atoms with Crippen LogP contribution in [0.4, 0.5) is 11.4 Å². The predicted molar refractivity (Wildman–Crippen MR) is 138 cm³/mol. The van der Waals surface area contributed by atoms with Gasteiger partial charge in [0.05, 0.1) is 22.7 Å². The number of anilines is 2. The zero-order valence-electron chi connectivity index (χ0n) is 20.0. The van der Waals surface area contributed by atoms with E-state index in [1.807, 2.05) is 32.0 Å². The standard InChI is InChI=1S/C28H23BrN2O5/c1-15-4-5-16(2)24(10-15)30-14-18(12-25(30)32)28(35)36-20-7-9-23(17(3)11-20)31-26(33)21-8-6-19(29)13-22(21)27(31)34/h4-11,13,18H,12,14H2,1-3H3/t18-/m0/s1. The third-order valence-electron chi connectivity index (χ3n) is 6.59. The molecule has 0 N–H and O–H groups in total. The Bertz CT molecular complexity index is 1460. The average molecular weight is 547 g/mol. The van der Waals surface area contributed by atoms with Crippen molar-refractivity contribution in [3.63, 3.8) is 0 Å². The summed E-state index contributed by atoms with van der Waals surface area (Å²) in [5.41, 5.74) is 4.53. The van der Waals surface area contributed by atoms with Crippen molar-refractivity contribution in [2.75, 3.05) is 16.3 Å². The van der Waals surface area contributed by atoms with Gasteiger partial charge in [-0.25, -0.2) is 4.90 Å². The highest BCUT2D eigenvalue weighted by Gasteiger charge is 2.39. The van der Waals surface area contributed by atoms with Crippen LogP contribution >= 0.6 is 15.9 Å². The summed E-state index contributed by atoms with van der Waals surface area (Å²) in [6.45, 7) is 5.89. The maximum Gasteiger partial charge on any atom is 0.316 e. The quantitative estimate of drug-likeness (QED) is 0.257. The fraction of sp³-hybridized carbons (Fsp3) is 0.214. The molecule has 8 heteroatoms. The van der Waals surface area contributed by atoms with E-state index in [1.54, 1.807) is 48.2 Å². The Morgan fingerprint density at radius 1 is 0.861 bits per heavy atom. The number of rotatable bonds is 4. The first-order valence-electron chi connectivity index (χ1n) is 11.5. The summed E-state index contributed by atoms with van der Waals surface area (Å²) in [4.78, 5) is 54.2. The van der Waals surface area contributed by atoms with Crippen LogP contribution in [0, 0.1) is 26.7 Å². The summed E-state index contributed by atoms with van der Waals surface area (Å²) >= 11 is 3.34. The summed E-state index contributed by atoms with van der Waals surface area (Å²) in [5.74, 6) is -1.71. The molecule has 1 atom stereocenters. The third-order valence-corrected chi connectivity index (χ3v) is 7.08. The number of aryl methyl sites for hydroxylation is 3. The largest absolute Gasteiger partial charge is 0.426 e. The fourth-order valence-corrected chi connectivity index (χ4v) is 5.04. The van der Waals surface area contributed by atoms with Gasteiger partial charge in [0.1, 0.15) is 5.75 Å². The second-order valence-corrected chi connectivity index (χ2v) is 10.1. The first-order valence-corrected chi connectivity index (χ1v) is 12.3. The monoisotopic (exact) mass is 546 g/mol. The van der Waals surface area contributed by atoms with E-state index < -0.39 is 23.7 Å². The molecule has 2 aliphatic rings. The van der Waals surface area contributed by atoms with Gasteiger partial charge in [0.15, 0.2) is 0 Å². The van der Waals surface area contributed by atoms with E-state index in [-0.39, 0.29) is 18.9 Å². The van der Waals surface area contributed by atoms with Gasteiger partial charge >= 0.3 is 5.97 Å². The van der Waals surface area contributed by atoms with Crippen LogP contribution in [-0.2, 0) is 9.59 Å². The number of nitrogens with zero attached hydrogens (tertiary/aromatic N) is 2. The lowest BCUT2D eigenvalue weighted by Crippen LogP contribution is -2.30. The smallest absolute Gasteiger partial charge is 0.316 e. The molecule has 182 valence electrons. The minimum absolute atomic E-state index is 0.0773. The Kier molecular flexibility index (Phi) is 6.00. The van der Waals surface area contributed by atoms with Crippen LogP contribution in [0.25, 0.3) is 0 Å². The molecule has 1 fully saturated rings. The molecule has 3 aromatic rings. The van der Waals surface area contributed by atoms with Gasteiger partial charge in [0.25, 0.3) is 11.8 Å². The van der Waals surface area contributed by atoms with E-state index in [0.717, 1.165) is 21.7 Å². The molecular formula is C28H23BrN2O5. The van der Waals surface area contributed by atoms with E-state index in [4.69, 9.17) is 4.74 Å². The molecule has 2 heterocycles. The van der Waals surface area contributed by atoms with E-state index in [9.17, 15) is 19.2 Å². The highest BCUT2D eigenvalue weighted by atomic mass is 79.9. The first kappa shape index (κ1) is 23.9. The summed E-state index contributed by atoms with van der Waals surface area (Å²) in [5, 5.41) is 0. The van der Waals surface area contributed by atoms with Crippen molar-refractivity contribution in [1.82, 2.24) is 0 Å². The van der Waals surface area contributed by atoms with E-state index in [0.29, 0.717) is 32.6 Å². The summed E-state index contributed by atoms with van der Waals surface area (Å²) in [7, 11) is 0. The number of ether oxygens (including phenoxy) is 1. The lowest BCUT2D eigenvalue weighted by Gasteiger charge is -2.20. The van der Waals surface area contributed by atoms with Crippen molar-refractivity contribution in [3.05, 3.63) is 86.9 Å². The Morgan fingerprint density at radius 3 is 2.36 bits per heavy atom. The zero-order valence-corrected chi connectivity index (χ0v) is 21.6. The van der Waals surface area contributed by atoms with E-state index >= 15 is 0 Å². The molecule has 36 heavy (non-hydrogen) atoms. The summed E-state index contributed by atoms with van der Waals surface area (Å²) in [6.07, 6.45) is 0.0773. The number of hydrogen-bond acceptors (Lipinski definition) is 5. The fourth-order valence-electron chi connectivity index (χ4n) is 4.68. The zero-order chi connectivity index (χ0) is 25.7. The maximum atomic E-state index is 12.9. The van der Waals surface area contributed by atoms with Crippen LogP contribution < -0.4 is 14.5 Å². The molecule has 0 bridgehead atoms.